The van der Waals surface area contributed by atoms with Crippen LogP contribution >= 0.6 is 0 Å². The number of nitrogens with two attached hydrogens (primary N) is 2. The average molecular weight is 595 g/mol. The van der Waals surface area contributed by atoms with E-state index in [4.69, 9.17) is 25.7 Å². The summed E-state index contributed by atoms with van der Waals surface area (Å²) in [6.07, 6.45) is -2.88. The second kappa shape index (κ2) is 14.7. The number of aromatic amines is 1. The smallest absolute Gasteiger partial charge is 0.323 e. The predicted molar refractivity (Wildman–Crippen MR) is 156 cm³/mol. The largest absolute Gasteiger partial charge is 0.463 e. The highest BCUT2D eigenvalue weighted by Gasteiger charge is 2.59. The number of aliphatic hydroxyl groups excluding tert-OH is 1. The molecule has 1 aliphatic heterocycles. The number of amidine groups is 1. The molecule has 13 nitrogen and oxygen atoms in total. The summed E-state index contributed by atoms with van der Waals surface area (Å²) in [6.45, 7) is 6.60. The van der Waals surface area contributed by atoms with Gasteiger partial charge in [-0.3, -0.25) is 14.4 Å². The quantitative estimate of drug-likeness (QED) is 0.167. The van der Waals surface area contributed by atoms with Crippen LogP contribution in [0.4, 0.5) is 0 Å². The number of rotatable bonds is 11. The highest BCUT2D eigenvalue weighted by atomic mass is 16.6. The Morgan fingerprint density at radius 2 is 1.91 bits per heavy atom. The monoisotopic (exact) mass is 594 g/mol. The summed E-state index contributed by atoms with van der Waals surface area (Å²) in [7, 11) is 0. The summed E-state index contributed by atoms with van der Waals surface area (Å²) in [6, 6.07) is 12.8. The molecule has 1 saturated heterocycles. The fourth-order valence-corrected chi connectivity index (χ4v) is 4.29. The van der Waals surface area contributed by atoms with Gasteiger partial charge in [-0.15, -0.1) is 0 Å². The molecule has 1 aliphatic rings. The van der Waals surface area contributed by atoms with Gasteiger partial charge in [-0.2, -0.15) is 10.3 Å². The molecule has 0 aliphatic carbocycles. The summed E-state index contributed by atoms with van der Waals surface area (Å²) in [4.78, 5) is 48.8. The van der Waals surface area contributed by atoms with Gasteiger partial charge in [-0.25, -0.2) is 4.99 Å². The van der Waals surface area contributed by atoms with E-state index < -0.39 is 54.4 Å². The zero-order valence-corrected chi connectivity index (χ0v) is 24.6. The zero-order valence-electron chi connectivity index (χ0n) is 24.6. The van der Waals surface area contributed by atoms with Crippen LogP contribution in [0, 0.1) is 23.2 Å². The number of benzene rings is 1. The third-order valence-corrected chi connectivity index (χ3v) is 7.21. The van der Waals surface area contributed by atoms with Crippen LogP contribution in [-0.4, -0.2) is 71.1 Å². The highest BCUT2D eigenvalue weighted by molar-refractivity contribution is 6.07. The van der Waals surface area contributed by atoms with Crippen molar-refractivity contribution in [3.8, 4) is 6.07 Å². The predicted octanol–water partition coefficient (Wildman–Crippen LogP) is 1.48. The number of aliphatic imine (C=N–C) groups is 2. The van der Waals surface area contributed by atoms with Crippen molar-refractivity contribution in [2.24, 2.45) is 33.3 Å². The van der Waals surface area contributed by atoms with Crippen LogP contribution in [-0.2, 0) is 40.6 Å². The van der Waals surface area contributed by atoms with E-state index in [1.807, 2.05) is 19.1 Å². The molecule has 0 bridgehead atoms. The van der Waals surface area contributed by atoms with Crippen LogP contribution < -0.4 is 11.5 Å². The standard InChI is InChI=1S/C30H38N6O7/c1-5-18(4)28(39)36-27(34-16-32)20-11-12-22(35-20)30(15-31)26(38)25(42-29(40)24(33)17(2)3)21(43-30)14-41-23(37)13-19-9-7-6-8-10-19/h6-12,16-18,21,24-26,35,38H,5,13-14,33H2,1-4H3,(H2,32,34,36,39)/t18-,21+,24-,25+,26+,30-/m0/s1. The molecular formula is C30H38N6O7. The van der Waals surface area contributed by atoms with Gasteiger partial charge in [0.1, 0.15) is 30.9 Å². The summed E-state index contributed by atoms with van der Waals surface area (Å²) >= 11 is 0. The number of nitrogens with one attached hydrogen (secondary N) is 1. The van der Waals surface area contributed by atoms with Crippen molar-refractivity contribution in [1.29, 1.82) is 5.26 Å². The molecule has 13 heteroatoms. The van der Waals surface area contributed by atoms with E-state index in [0.29, 0.717) is 6.42 Å². The van der Waals surface area contributed by atoms with Crippen molar-refractivity contribution >= 4 is 30.0 Å². The lowest BCUT2D eigenvalue weighted by Gasteiger charge is -2.25. The zero-order chi connectivity index (χ0) is 31.7. The third-order valence-electron chi connectivity index (χ3n) is 7.21. The Kier molecular flexibility index (Phi) is 11.3. The molecule has 2 aromatic rings. The van der Waals surface area contributed by atoms with Gasteiger partial charge in [-0.05, 0) is 30.0 Å². The number of carbonyl (C=O) groups excluding carboxylic acids is 3. The van der Waals surface area contributed by atoms with E-state index >= 15 is 0 Å². The lowest BCUT2D eigenvalue weighted by Crippen LogP contribution is -2.46. The average Bonchev–Trinajstić information content (AvgIpc) is 3.59. The Labute approximate surface area is 249 Å². The number of nitriles is 1. The van der Waals surface area contributed by atoms with E-state index in [1.54, 1.807) is 45.0 Å². The number of aliphatic hydroxyl groups is 1. The number of hydrogen-bond acceptors (Lipinski definition) is 9. The number of nitrogens with zero attached hydrogens (tertiary/aromatic N) is 3. The summed E-state index contributed by atoms with van der Waals surface area (Å²) < 4.78 is 17.0. The normalized spacial score (nSPS) is 23.6. The molecule has 6 atom stereocenters. The van der Waals surface area contributed by atoms with Crippen molar-refractivity contribution in [3.63, 3.8) is 0 Å². The molecule has 0 saturated carbocycles. The first-order chi connectivity index (χ1) is 20.5. The maximum Gasteiger partial charge on any atom is 0.323 e. The minimum Gasteiger partial charge on any atom is -0.463 e. The lowest BCUT2D eigenvalue weighted by molar-refractivity contribution is -0.162. The Morgan fingerprint density at radius 1 is 1.21 bits per heavy atom. The topological polar surface area (TPSA) is 215 Å². The number of amides is 1. The summed E-state index contributed by atoms with van der Waals surface area (Å²) in [5.74, 6) is -2.51. The Bertz CT molecular complexity index is 1380. The van der Waals surface area contributed by atoms with Crippen LogP contribution in [0.2, 0.25) is 0 Å². The number of aromatic nitrogens is 1. The molecular weight excluding hydrogens is 556 g/mol. The second-order valence-electron chi connectivity index (χ2n) is 10.6. The molecule has 3 rings (SSSR count). The van der Waals surface area contributed by atoms with E-state index in [2.05, 4.69) is 15.0 Å². The molecule has 0 unspecified atom stereocenters. The molecule has 1 amide bonds. The van der Waals surface area contributed by atoms with Gasteiger partial charge in [0.05, 0.1) is 24.1 Å². The van der Waals surface area contributed by atoms with Crippen molar-refractivity contribution in [3.05, 3.63) is 59.4 Å². The van der Waals surface area contributed by atoms with Crippen molar-refractivity contribution < 1.29 is 33.7 Å². The Balaban J connectivity index is 1.93. The van der Waals surface area contributed by atoms with Crippen LogP contribution in [0.15, 0.2) is 52.4 Å². The number of carbonyl (C=O) groups is 3. The highest BCUT2D eigenvalue weighted by Crippen LogP contribution is 2.41. The lowest BCUT2D eigenvalue weighted by atomic mass is 9.92. The molecule has 1 fully saturated rings. The van der Waals surface area contributed by atoms with E-state index in [1.165, 1.54) is 12.1 Å². The summed E-state index contributed by atoms with van der Waals surface area (Å²) in [5.41, 5.74) is 10.3. The molecule has 1 aromatic heterocycles. The first-order valence-corrected chi connectivity index (χ1v) is 14.0. The van der Waals surface area contributed by atoms with Gasteiger partial charge < -0.3 is 35.8 Å². The molecule has 0 radical (unpaired) electrons. The van der Waals surface area contributed by atoms with Crippen molar-refractivity contribution in [1.82, 2.24) is 4.98 Å². The molecule has 230 valence electrons. The van der Waals surface area contributed by atoms with Crippen LogP contribution in [0.5, 0.6) is 0 Å². The maximum absolute atomic E-state index is 12.8. The van der Waals surface area contributed by atoms with Gasteiger partial charge in [0.2, 0.25) is 5.60 Å². The van der Waals surface area contributed by atoms with Gasteiger partial charge in [-0.1, -0.05) is 58.0 Å². The first-order valence-electron chi connectivity index (χ1n) is 14.0. The van der Waals surface area contributed by atoms with Crippen LogP contribution in [0.3, 0.4) is 0 Å². The maximum atomic E-state index is 12.8. The fourth-order valence-electron chi connectivity index (χ4n) is 4.29. The van der Waals surface area contributed by atoms with Gasteiger partial charge in [0.15, 0.2) is 11.9 Å². The minimum absolute atomic E-state index is 0.0265. The van der Waals surface area contributed by atoms with E-state index in [-0.39, 0.29) is 35.5 Å². The fraction of sp³-hybridized carbons (Fsp3) is 0.467. The molecule has 6 N–H and O–H groups in total. The van der Waals surface area contributed by atoms with Crippen molar-refractivity contribution in [2.45, 2.75) is 70.5 Å². The van der Waals surface area contributed by atoms with Gasteiger partial charge >= 0.3 is 11.9 Å². The van der Waals surface area contributed by atoms with Gasteiger partial charge in [0, 0.05) is 5.92 Å². The van der Waals surface area contributed by atoms with E-state index in [0.717, 1.165) is 11.9 Å². The third kappa shape index (κ3) is 7.72. The van der Waals surface area contributed by atoms with Crippen LogP contribution in [0.1, 0.15) is 51.1 Å². The number of esters is 2. The Morgan fingerprint density at radius 3 is 2.51 bits per heavy atom. The van der Waals surface area contributed by atoms with Crippen LogP contribution in [0.25, 0.3) is 0 Å². The van der Waals surface area contributed by atoms with E-state index in [9.17, 15) is 24.8 Å². The molecule has 43 heavy (non-hydrogen) atoms. The van der Waals surface area contributed by atoms with Gasteiger partial charge in [0.25, 0.3) is 5.91 Å². The van der Waals surface area contributed by atoms with Crippen molar-refractivity contribution in [2.75, 3.05) is 6.61 Å². The minimum atomic E-state index is -2.10. The number of H-pyrrole nitrogens is 1. The Hall–Kier alpha value is -4.38. The molecule has 2 heterocycles. The first kappa shape index (κ1) is 33.1. The molecule has 0 spiro atoms. The second-order valence-corrected chi connectivity index (χ2v) is 10.6. The molecule has 1 aromatic carbocycles. The SMILES string of the molecule is CC[C@H](C)C(=O)N=C(N=CN)c1ccc([C@]2(C#N)O[C@H](COC(=O)Cc3ccccc3)[C@@H](OC(=O)[C@@H](N)C(C)C)[C@H]2O)[nH]1. The number of ether oxygens (including phenoxy) is 3. The summed E-state index contributed by atoms with van der Waals surface area (Å²) in [5, 5.41) is 21.8. The number of hydrogen-bond donors (Lipinski definition) is 4.